The lowest BCUT2D eigenvalue weighted by Crippen LogP contribution is -2.45. The Morgan fingerprint density at radius 2 is 2.09 bits per heavy atom. The molecule has 1 unspecified atom stereocenters. The predicted molar refractivity (Wildman–Crippen MR) is 91.7 cm³/mol. The molecule has 1 aliphatic heterocycles. The summed E-state index contributed by atoms with van der Waals surface area (Å²) in [5.41, 5.74) is 2.62. The normalized spacial score (nSPS) is 17.0. The summed E-state index contributed by atoms with van der Waals surface area (Å²) in [6.07, 6.45) is 6.08. The van der Waals surface area contributed by atoms with Gasteiger partial charge in [0.05, 0.1) is 17.3 Å². The van der Waals surface area contributed by atoms with Crippen LogP contribution in [-0.4, -0.2) is 46.1 Å². The number of nitrogens with one attached hydrogen (secondary N) is 1. The Kier molecular flexibility index (Phi) is 4.66. The average Bonchev–Trinajstić information content (AvgIpc) is 3.16. The van der Waals surface area contributed by atoms with Crippen molar-refractivity contribution in [3.05, 3.63) is 35.7 Å². The zero-order valence-corrected chi connectivity index (χ0v) is 14.2. The molecule has 23 heavy (non-hydrogen) atoms. The molecule has 5 nitrogen and oxygen atoms in total. The van der Waals surface area contributed by atoms with E-state index in [0.717, 1.165) is 24.2 Å². The van der Waals surface area contributed by atoms with Gasteiger partial charge in [-0.3, -0.25) is 9.69 Å². The Morgan fingerprint density at radius 1 is 1.35 bits per heavy atom. The molecule has 3 rings (SSSR count). The molecule has 0 radical (unpaired) electrons. The zero-order chi connectivity index (χ0) is 16.4. The van der Waals surface area contributed by atoms with E-state index >= 15 is 0 Å². The van der Waals surface area contributed by atoms with Gasteiger partial charge in [0.1, 0.15) is 0 Å². The van der Waals surface area contributed by atoms with Crippen molar-refractivity contribution in [1.82, 2.24) is 19.8 Å². The van der Waals surface area contributed by atoms with Gasteiger partial charge in [-0.25, -0.2) is 4.52 Å². The molecular weight excluding hydrogens is 288 g/mol. The quantitative estimate of drug-likeness (QED) is 0.922. The SMILES string of the molecule is Cc1cccn2ncc(C(=O)NCC(C(C)C)N3CCCC3)c12. The lowest BCUT2D eigenvalue weighted by molar-refractivity contribution is 0.0929. The van der Waals surface area contributed by atoms with Crippen LogP contribution < -0.4 is 5.32 Å². The Balaban J connectivity index is 1.72. The van der Waals surface area contributed by atoms with Crippen molar-refractivity contribution in [3.63, 3.8) is 0 Å². The third kappa shape index (κ3) is 3.24. The molecule has 124 valence electrons. The van der Waals surface area contributed by atoms with Gasteiger partial charge in [0.25, 0.3) is 5.91 Å². The Hall–Kier alpha value is -1.88. The minimum atomic E-state index is -0.0286. The Morgan fingerprint density at radius 3 is 2.78 bits per heavy atom. The van der Waals surface area contributed by atoms with Crippen molar-refractivity contribution in [3.8, 4) is 0 Å². The molecular formula is C18H26N4O. The maximum atomic E-state index is 12.6. The molecule has 2 aromatic heterocycles. The Labute approximate surface area is 137 Å². The first-order valence-corrected chi connectivity index (χ1v) is 8.53. The third-order valence-electron chi connectivity index (χ3n) is 4.84. The fraction of sp³-hybridized carbons (Fsp3) is 0.556. The number of rotatable bonds is 5. The molecule has 1 aliphatic rings. The van der Waals surface area contributed by atoms with Gasteiger partial charge in [0.2, 0.25) is 0 Å². The van der Waals surface area contributed by atoms with Crippen molar-refractivity contribution in [2.24, 2.45) is 5.92 Å². The summed E-state index contributed by atoms with van der Waals surface area (Å²) in [4.78, 5) is 15.1. The van der Waals surface area contributed by atoms with Gasteiger partial charge in [-0.15, -0.1) is 0 Å². The molecule has 2 aromatic rings. The number of carbonyl (C=O) groups excluding carboxylic acids is 1. The van der Waals surface area contributed by atoms with Crippen LogP contribution in [0.25, 0.3) is 5.52 Å². The summed E-state index contributed by atoms with van der Waals surface area (Å²) in [7, 11) is 0. The number of aryl methyl sites for hydroxylation is 1. The lowest BCUT2D eigenvalue weighted by atomic mass is 10.0. The van der Waals surface area contributed by atoms with Gasteiger partial charge in [-0.2, -0.15) is 5.10 Å². The molecule has 1 atom stereocenters. The summed E-state index contributed by atoms with van der Waals surface area (Å²) in [6, 6.07) is 4.36. The molecule has 3 heterocycles. The van der Waals surface area contributed by atoms with Crippen LogP contribution in [0.1, 0.15) is 42.6 Å². The van der Waals surface area contributed by atoms with Crippen LogP contribution in [0.5, 0.6) is 0 Å². The summed E-state index contributed by atoms with van der Waals surface area (Å²) in [5.74, 6) is 0.498. The highest BCUT2D eigenvalue weighted by atomic mass is 16.1. The van der Waals surface area contributed by atoms with Crippen LogP contribution in [0.3, 0.4) is 0 Å². The molecule has 0 aromatic carbocycles. The number of hydrogen-bond acceptors (Lipinski definition) is 3. The van der Waals surface area contributed by atoms with E-state index in [0.29, 0.717) is 24.1 Å². The van der Waals surface area contributed by atoms with E-state index in [2.05, 4.69) is 29.2 Å². The van der Waals surface area contributed by atoms with Crippen LogP contribution in [-0.2, 0) is 0 Å². The monoisotopic (exact) mass is 314 g/mol. The van der Waals surface area contributed by atoms with E-state index in [9.17, 15) is 4.79 Å². The summed E-state index contributed by atoms with van der Waals surface area (Å²) >= 11 is 0. The van der Waals surface area contributed by atoms with Crippen LogP contribution in [0.15, 0.2) is 24.5 Å². The van der Waals surface area contributed by atoms with E-state index in [1.807, 2.05) is 25.3 Å². The van der Waals surface area contributed by atoms with E-state index in [-0.39, 0.29) is 5.91 Å². The molecule has 0 bridgehead atoms. The number of carbonyl (C=O) groups is 1. The first-order valence-electron chi connectivity index (χ1n) is 8.53. The average molecular weight is 314 g/mol. The second kappa shape index (κ2) is 6.71. The summed E-state index contributed by atoms with van der Waals surface area (Å²) < 4.78 is 1.77. The van der Waals surface area contributed by atoms with Crippen molar-refractivity contribution in [2.45, 2.75) is 39.7 Å². The molecule has 0 saturated carbocycles. The summed E-state index contributed by atoms with van der Waals surface area (Å²) in [6.45, 7) is 9.46. The first kappa shape index (κ1) is 16.0. The lowest BCUT2D eigenvalue weighted by Gasteiger charge is -2.30. The van der Waals surface area contributed by atoms with Gasteiger partial charge >= 0.3 is 0 Å². The zero-order valence-electron chi connectivity index (χ0n) is 14.2. The third-order valence-corrected chi connectivity index (χ3v) is 4.84. The highest BCUT2D eigenvalue weighted by molar-refractivity contribution is 6.01. The molecule has 5 heteroatoms. The smallest absolute Gasteiger partial charge is 0.255 e. The van der Waals surface area contributed by atoms with E-state index in [1.165, 1.54) is 12.8 Å². The minimum absolute atomic E-state index is 0.0286. The van der Waals surface area contributed by atoms with Crippen LogP contribution in [0.2, 0.25) is 0 Å². The Bertz CT molecular complexity index is 685. The van der Waals surface area contributed by atoms with Crippen molar-refractivity contribution in [2.75, 3.05) is 19.6 Å². The van der Waals surface area contributed by atoms with Gasteiger partial charge in [-0.1, -0.05) is 19.9 Å². The molecule has 1 saturated heterocycles. The largest absolute Gasteiger partial charge is 0.350 e. The molecule has 1 amide bonds. The van der Waals surface area contributed by atoms with Gasteiger partial charge in [-0.05, 0) is 50.4 Å². The van der Waals surface area contributed by atoms with Crippen LogP contribution in [0.4, 0.5) is 0 Å². The highest BCUT2D eigenvalue weighted by Crippen LogP contribution is 2.18. The van der Waals surface area contributed by atoms with Gasteiger partial charge in [0.15, 0.2) is 0 Å². The van der Waals surface area contributed by atoms with E-state index in [4.69, 9.17) is 0 Å². The number of amides is 1. The van der Waals surface area contributed by atoms with Crippen LogP contribution in [0, 0.1) is 12.8 Å². The van der Waals surface area contributed by atoms with Crippen molar-refractivity contribution < 1.29 is 4.79 Å². The molecule has 0 aliphatic carbocycles. The molecule has 1 N–H and O–H groups in total. The number of nitrogens with zero attached hydrogens (tertiary/aromatic N) is 3. The fourth-order valence-corrected chi connectivity index (χ4v) is 3.53. The predicted octanol–water partition coefficient (Wildman–Crippen LogP) is 2.49. The van der Waals surface area contributed by atoms with E-state index in [1.54, 1.807) is 10.7 Å². The number of likely N-dealkylation sites (tertiary alicyclic amines) is 1. The molecule has 1 fully saturated rings. The number of aromatic nitrogens is 2. The van der Waals surface area contributed by atoms with Gasteiger partial charge < -0.3 is 5.32 Å². The minimum Gasteiger partial charge on any atom is -0.350 e. The van der Waals surface area contributed by atoms with Crippen molar-refractivity contribution in [1.29, 1.82) is 0 Å². The maximum absolute atomic E-state index is 12.6. The topological polar surface area (TPSA) is 49.6 Å². The molecule has 0 spiro atoms. The number of hydrogen-bond donors (Lipinski definition) is 1. The number of pyridine rings is 1. The second-order valence-corrected chi connectivity index (χ2v) is 6.81. The van der Waals surface area contributed by atoms with E-state index < -0.39 is 0 Å². The second-order valence-electron chi connectivity index (χ2n) is 6.81. The van der Waals surface area contributed by atoms with Crippen LogP contribution >= 0.6 is 0 Å². The number of fused-ring (bicyclic) bond motifs is 1. The van der Waals surface area contributed by atoms with Crippen molar-refractivity contribution >= 4 is 11.4 Å². The first-order chi connectivity index (χ1) is 11.1. The van der Waals surface area contributed by atoms with Gasteiger partial charge in [0, 0.05) is 18.8 Å². The highest BCUT2D eigenvalue weighted by Gasteiger charge is 2.25. The standard InChI is InChI=1S/C18H26N4O/c1-13(2)16(21-8-4-5-9-21)12-19-18(23)15-11-20-22-10-6-7-14(3)17(15)22/h6-7,10-11,13,16H,4-5,8-9,12H2,1-3H3,(H,19,23). The summed E-state index contributed by atoms with van der Waals surface area (Å²) in [5, 5.41) is 7.41. The fourth-order valence-electron chi connectivity index (χ4n) is 3.53. The maximum Gasteiger partial charge on any atom is 0.255 e.